The number of carbonyl (C=O) groups is 1. The van der Waals surface area contributed by atoms with Gasteiger partial charge in [-0.05, 0) is 55.7 Å². The van der Waals surface area contributed by atoms with Gasteiger partial charge in [-0.1, -0.05) is 0 Å². The molecule has 0 spiro atoms. The van der Waals surface area contributed by atoms with Crippen LogP contribution >= 0.6 is 0 Å². The summed E-state index contributed by atoms with van der Waals surface area (Å²) in [6.45, 7) is 0.347. The van der Waals surface area contributed by atoms with Crippen LogP contribution in [-0.4, -0.2) is 48.8 Å². The van der Waals surface area contributed by atoms with E-state index < -0.39 is 17.7 Å². The van der Waals surface area contributed by atoms with E-state index in [1.807, 2.05) is 12.1 Å². The third-order valence-corrected chi connectivity index (χ3v) is 7.43. The first-order chi connectivity index (χ1) is 16.5. The summed E-state index contributed by atoms with van der Waals surface area (Å²) >= 11 is 0. The van der Waals surface area contributed by atoms with Crippen LogP contribution in [0.1, 0.15) is 31.4 Å². The molecule has 10 heteroatoms. The Bertz CT molecular complexity index is 1390. The molecule has 0 aliphatic heterocycles. The molecule has 2 bridgehead atoms. The summed E-state index contributed by atoms with van der Waals surface area (Å²) in [6.07, 6.45) is 6.83. The predicted molar refractivity (Wildman–Crippen MR) is 123 cm³/mol. The number of aromatic amines is 1. The van der Waals surface area contributed by atoms with E-state index in [0.29, 0.717) is 34.8 Å². The average Bonchev–Trinajstić information content (AvgIpc) is 3.44. The van der Waals surface area contributed by atoms with E-state index in [0.717, 1.165) is 43.1 Å². The number of nitrogens with zero attached hydrogens (tertiary/aromatic N) is 4. The van der Waals surface area contributed by atoms with Crippen molar-refractivity contribution in [2.24, 2.45) is 17.8 Å². The first-order valence-electron chi connectivity index (χ1n) is 11.5. The van der Waals surface area contributed by atoms with Gasteiger partial charge in [0.25, 0.3) is 0 Å². The molecule has 4 aromatic rings. The summed E-state index contributed by atoms with van der Waals surface area (Å²) in [5.41, 5.74) is 2.72. The van der Waals surface area contributed by atoms with Crippen LogP contribution in [0.3, 0.4) is 0 Å². The lowest BCUT2D eigenvalue weighted by molar-refractivity contribution is -0.148. The molecule has 0 amide bonds. The number of aliphatic carboxylic acids is 1. The molecule has 7 rings (SSSR count). The van der Waals surface area contributed by atoms with Gasteiger partial charge in [0.05, 0.1) is 24.4 Å². The number of carboxylic acid groups (broad SMARTS) is 1. The number of methoxy groups -OCH3 is 1. The summed E-state index contributed by atoms with van der Waals surface area (Å²) in [6, 6.07) is 5.02. The maximum atomic E-state index is 14.0. The standard InChI is InChI=1S/C24H25FN6O3/c1-34-11-15-6-7-18-23(28-20-13-4-2-12(3-5-13)19(20)24(32)33)29-22(30-31(15)18)17-10-27-21-16(17)8-14(25)9-26-21/h6-10,12-13,19-20H,2-5,11H2,1H3,(H,26,27)(H,32,33)(H,28,29,30)/t12?,13?,19-,20-/m1/s1. The molecule has 3 N–H and O–H groups in total. The number of hydrogen-bond acceptors (Lipinski definition) is 6. The molecular formula is C24H25FN6O3. The number of hydrogen-bond donors (Lipinski definition) is 3. The van der Waals surface area contributed by atoms with Crippen LogP contribution in [0.4, 0.5) is 10.2 Å². The van der Waals surface area contributed by atoms with Crippen LogP contribution in [0.2, 0.25) is 0 Å². The Balaban J connectivity index is 1.49. The molecule has 0 unspecified atom stereocenters. The highest BCUT2D eigenvalue weighted by Crippen LogP contribution is 2.46. The summed E-state index contributed by atoms with van der Waals surface area (Å²) in [7, 11) is 1.62. The number of halogens is 1. The van der Waals surface area contributed by atoms with Gasteiger partial charge in [-0.15, -0.1) is 5.10 Å². The summed E-state index contributed by atoms with van der Waals surface area (Å²) in [5, 5.41) is 18.8. The lowest BCUT2D eigenvalue weighted by atomic mass is 9.61. The van der Waals surface area contributed by atoms with Crippen molar-refractivity contribution in [3.05, 3.63) is 42.1 Å². The fourth-order valence-corrected chi connectivity index (χ4v) is 5.86. The van der Waals surface area contributed by atoms with Gasteiger partial charge in [0.15, 0.2) is 11.6 Å². The van der Waals surface area contributed by atoms with Crippen molar-refractivity contribution >= 4 is 28.3 Å². The predicted octanol–water partition coefficient (Wildman–Crippen LogP) is 3.86. The second kappa shape index (κ2) is 8.05. The summed E-state index contributed by atoms with van der Waals surface area (Å²) in [5.74, 6) is -0.252. The molecule has 9 nitrogen and oxygen atoms in total. The Kier molecular flexibility index (Phi) is 4.98. The fraction of sp³-hybridized carbons (Fsp3) is 0.417. The SMILES string of the molecule is COCc1ccc2c(N[C@@H]3C4CCC(CC4)[C@H]3C(=O)O)nc(-c3c[nH]c4ncc(F)cc34)nn12. The van der Waals surface area contributed by atoms with Gasteiger partial charge in [0.2, 0.25) is 0 Å². The lowest BCUT2D eigenvalue weighted by Gasteiger charge is -2.47. The minimum atomic E-state index is -0.758. The van der Waals surface area contributed by atoms with Crippen LogP contribution in [0.5, 0.6) is 0 Å². The first kappa shape index (κ1) is 21.0. The highest BCUT2D eigenvalue weighted by Gasteiger charge is 2.47. The fourth-order valence-electron chi connectivity index (χ4n) is 5.86. The van der Waals surface area contributed by atoms with Gasteiger partial charge < -0.3 is 20.1 Å². The zero-order valence-electron chi connectivity index (χ0n) is 18.7. The van der Waals surface area contributed by atoms with Crippen LogP contribution in [0, 0.1) is 23.6 Å². The molecule has 0 aromatic carbocycles. The number of nitrogens with one attached hydrogen (secondary N) is 2. The molecule has 3 aliphatic rings. The number of H-pyrrole nitrogens is 1. The number of fused-ring (bicyclic) bond motifs is 5. The van der Waals surface area contributed by atoms with Crippen molar-refractivity contribution in [1.82, 2.24) is 24.6 Å². The normalized spacial score (nSPS) is 24.2. The van der Waals surface area contributed by atoms with E-state index >= 15 is 0 Å². The quantitative estimate of drug-likeness (QED) is 0.397. The smallest absolute Gasteiger partial charge is 0.308 e. The van der Waals surface area contributed by atoms with Crippen molar-refractivity contribution in [2.45, 2.75) is 38.3 Å². The molecule has 0 saturated heterocycles. The van der Waals surface area contributed by atoms with Crippen molar-refractivity contribution < 1.29 is 19.0 Å². The largest absolute Gasteiger partial charge is 0.481 e. The van der Waals surface area contributed by atoms with Gasteiger partial charge in [-0.3, -0.25) is 4.79 Å². The molecule has 4 heterocycles. The summed E-state index contributed by atoms with van der Waals surface area (Å²) < 4.78 is 21.1. The number of aromatic nitrogens is 5. The topological polar surface area (TPSA) is 117 Å². The number of anilines is 1. The van der Waals surface area contributed by atoms with Crippen molar-refractivity contribution in [1.29, 1.82) is 0 Å². The minimum Gasteiger partial charge on any atom is -0.481 e. The lowest BCUT2D eigenvalue weighted by Crippen LogP contribution is -2.51. The number of pyridine rings is 1. The third kappa shape index (κ3) is 3.32. The van der Waals surface area contributed by atoms with Crippen LogP contribution in [-0.2, 0) is 16.1 Å². The van der Waals surface area contributed by atoms with Crippen molar-refractivity contribution in [3.8, 4) is 11.4 Å². The van der Waals surface area contributed by atoms with Gasteiger partial charge >= 0.3 is 5.97 Å². The number of carboxylic acids is 1. The Labute approximate surface area is 194 Å². The molecular weight excluding hydrogens is 439 g/mol. The van der Waals surface area contributed by atoms with E-state index in [2.05, 4.69) is 15.3 Å². The van der Waals surface area contributed by atoms with Gasteiger partial charge in [0.1, 0.15) is 17.0 Å². The Morgan fingerprint density at radius 3 is 2.85 bits per heavy atom. The van der Waals surface area contributed by atoms with Gasteiger partial charge in [0, 0.05) is 30.3 Å². The van der Waals surface area contributed by atoms with E-state index in [1.165, 1.54) is 6.07 Å². The van der Waals surface area contributed by atoms with E-state index in [9.17, 15) is 14.3 Å². The molecule has 176 valence electrons. The van der Waals surface area contributed by atoms with Crippen molar-refractivity contribution in [3.63, 3.8) is 0 Å². The number of rotatable bonds is 6. The van der Waals surface area contributed by atoms with Gasteiger partial charge in [-0.25, -0.2) is 18.9 Å². The van der Waals surface area contributed by atoms with Crippen LogP contribution in [0.25, 0.3) is 27.9 Å². The first-order valence-corrected chi connectivity index (χ1v) is 11.5. The molecule has 34 heavy (non-hydrogen) atoms. The van der Waals surface area contributed by atoms with E-state index in [4.69, 9.17) is 14.8 Å². The zero-order chi connectivity index (χ0) is 23.4. The highest BCUT2D eigenvalue weighted by atomic mass is 19.1. The summed E-state index contributed by atoms with van der Waals surface area (Å²) in [4.78, 5) is 24.2. The number of ether oxygens (including phenoxy) is 1. The van der Waals surface area contributed by atoms with E-state index in [1.54, 1.807) is 17.8 Å². The minimum absolute atomic E-state index is 0.177. The molecule has 3 fully saturated rings. The van der Waals surface area contributed by atoms with E-state index in [-0.39, 0.29) is 17.9 Å². The van der Waals surface area contributed by atoms with Gasteiger partial charge in [-0.2, -0.15) is 0 Å². The average molecular weight is 465 g/mol. The van der Waals surface area contributed by atoms with Crippen LogP contribution < -0.4 is 5.32 Å². The maximum absolute atomic E-state index is 14.0. The molecule has 0 radical (unpaired) electrons. The van der Waals surface area contributed by atoms with Crippen LogP contribution in [0.15, 0.2) is 30.6 Å². The Morgan fingerprint density at radius 2 is 2.09 bits per heavy atom. The molecule has 3 aliphatic carbocycles. The highest BCUT2D eigenvalue weighted by molar-refractivity contribution is 5.92. The zero-order valence-corrected chi connectivity index (χ0v) is 18.7. The Morgan fingerprint density at radius 1 is 1.29 bits per heavy atom. The molecule has 4 aromatic heterocycles. The maximum Gasteiger partial charge on any atom is 0.308 e. The molecule has 3 saturated carbocycles. The van der Waals surface area contributed by atoms with Crippen molar-refractivity contribution in [2.75, 3.05) is 12.4 Å². The monoisotopic (exact) mass is 464 g/mol. The second-order valence-electron chi connectivity index (χ2n) is 9.30. The third-order valence-electron chi connectivity index (χ3n) is 7.43. The molecule has 2 atom stereocenters. The Hall–Kier alpha value is -3.53. The second-order valence-corrected chi connectivity index (χ2v) is 9.30.